The average Bonchev–Trinajstić information content (AvgIpc) is 3.39. The zero-order chi connectivity index (χ0) is 25.9. The highest BCUT2D eigenvalue weighted by Crippen LogP contribution is 2.26. The first-order chi connectivity index (χ1) is 15.8. The number of thiophene rings is 1. The number of aliphatic carboxylic acids is 2. The zero-order valence-electron chi connectivity index (χ0n) is 17.7. The van der Waals surface area contributed by atoms with Gasteiger partial charge in [0.1, 0.15) is 0 Å². The molecule has 14 heteroatoms. The number of hydrogen-bond acceptors (Lipinski definition) is 6. The Kier molecular flexibility index (Phi) is 11.4. The Balaban J connectivity index is 0.000000343. The van der Waals surface area contributed by atoms with Gasteiger partial charge in [-0.05, 0) is 42.0 Å². The number of likely N-dealkylation sites (tertiary alicyclic amines) is 1. The van der Waals surface area contributed by atoms with Crippen molar-refractivity contribution < 1.29 is 50.9 Å². The summed E-state index contributed by atoms with van der Waals surface area (Å²) in [4.78, 5) is 25.9. The first-order valence-electron chi connectivity index (χ1n) is 9.54. The minimum atomic E-state index is -5.08. The minimum Gasteiger partial charge on any atom is -0.475 e. The maximum absolute atomic E-state index is 10.6. The number of carbonyl (C=O) groups is 2. The van der Waals surface area contributed by atoms with Crippen LogP contribution >= 0.6 is 11.3 Å². The van der Waals surface area contributed by atoms with Crippen molar-refractivity contribution >= 4 is 23.3 Å². The van der Waals surface area contributed by atoms with Crippen molar-refractivity contribution in [2.75, 3.05) is 13.7 Å². The Morgan fingerprint density at radius 2 is 1.62 bits per heavy atom. The lowest BCUT2D eigenvalue weighted by molar-refractivity contribution is -0.193. The predicted molar refractivity (Wildman–Crippen MR) is 109 cm³/mol. The van der Waals surface area contributed by atoms with Gasteiger partial charge in [0, 0.05) is 43.5 Å². The van der Waals surface area contributed by atoms with Crippen LogP contribution in [0.15, 0.2) is 42.0 Å². The van der Waals surface area contributed by atoms with E-state index in [-0.39, 0.29) is 0 Å². The number of carboxylic acids is 2. The molecule has 2 aromatic heterocycles. The molecule has 2 N–H and O–H groups in total. The number of ether oxygens (including phenoxy) is 1. The molecule has 0 spiro atoms. The van der Waals surface area contributed by atoms with E-state index in [1.807, 2.05) is 30.8 Å². The van der Waals surface area contributed by atoms with Crippen LogP contribution in [0.2, 0.25) is 0 Å². The normalized spacial score (nSPS) is 18.3. The number of hydrogen-bond donors (Lipinski definition) is 2. The number of pyridine rings is 1. The van der Waals surface area contributed by atoms with E-state index >= 15 is 0 Å². The number of alkyl halides is 6. The summed E-state index contributed by atoms with van der Waals surface area (Å²) < 4.78 is 69.2. The molecule has 2 atom stereocenters. The standard InChI is InChI=1S/C16H20N2OS.2C2HF3O2/c1-19-16-6-9-18(12-14-3-2-10-20-14)15(16)11-13-4-7-17-8-5-13;2*3-2(4,5)1(6)7/h2-5,7-8,10,15-16H,6,9,11-12H2,1H3;2*(H,6,7)/t15-,16-;;/m0../s1. The van der Waals surface area contributed by atoms with Gasteiger partial charge in [0.15, 0.2) is 0 Å². The summed E-state index contributed by atoms with van der Waals surface area (Å²) in [6.07, 6.45) is -3.93. The SMILES string of the molecule is CO[C@H]1CCN(Cc2cccs2)[C@H]1Cc1ccncc1.O=C(O)C(F)(F)F.O=C(O)C(F)(F)F. The second-order valence-electron chi connectivity index (χ2n) is 6.85. The van der Waals surface area contributed by atoms with Crippen LogP contribution in [0.5, 0.6) is 0 Å². The number of aromatic nitrogens is 1. The number of nitrogens with zero attached hydrogens (tertiary/aromatic N) is 2. The summed E-state index contributed by atoms with van der Waals surface area (Å²) in [7, 11) is 1.83. The molecular formula is C20H22F6N2O5S. The molecule has 1 saturated heterocycles. The monoisotopic (exact) mass is 516 g/mol. The highest BCUT2D eigenvalue weighted by Gasteiger charge is 2.39. The maximum Gasteiger partial charge on any atom is 0.490 e. The van der Waals surface area contributed by atoms with Crippen LogP contribution in [0.25, 0.3) is 0 Å². The molecule has 1 aliphatic heterocycles. The number of rotatable bonds is 5. The van der Waals surface area contributed by atoms with E-state index in [0.29, 0.717) is 12.1 Å². The highest BCUT2D eigenvalue weighted by atomic mass is 32.1. The molecule has 1 fully saturated rings. The Labute approximate surface area is 194 Å². The lowest BCUT2D eigenvalue weighted by atomic mass is 10.0. The lowest BCUT2D eigenvalue weighted by Gasteiger charge is -2.27. The first kappa shape index (κ1) is 29.3. The molecule has 34 heavy (non-hydrogen) atoms. The van der Waals surface area contributed by atoms with Gasteiger partial charge in [-0.2, -0.15) is 26.3 Å². The minimum absolute atomic E-state index is 0.336. The third-order valence-corrected chi connectivity index (χ3v) is 5.38. The number of methoxy groups -OCH3 is 1. The fraction of sp³-hybridized carbons (Fsp3) is 0.450. The van der Waals surface area contributed by atoms with Gasteiger partial charge in [-0.25, -0.2) is 9.59 Å². The van der Waals surface area contributed by atoms with Gasteiger partial charge in [0.05, 0.1) is 6.10 Å². The zero-order valence-corrected chi connectivity index (χ0v) is 18.5. The second kappa shape index (κ2) is 13.2. The van der Waals surface area contributed by atoms with Crippen molar-refractivity contribution in [3.8, 4) is 0 Å². The predicted octanol–water partition coefficient (Wildman–Crippen LogP) is 4.24. The van der Waals surface area contributed by atoms with Gasteiger partial charge in [-0.3, -0.25) is 9.88 Å². The molecule has 3 rings (SSSR count). The molecule has 7 nitrogen and oxygen atoms in total. The van der Waals surface area contributed by atoms with Crippen LogP contribution < -0.4 is 0 Å². The number of carboxylic acid groups (broad SMARTS) is 2. The fourth-order valence-electron chi connectivity index (χ4n) is 2.98. The summed E-state index contributed by atoms with van der Waals surface area (Å²) in [5, 5.41) is 16.4. The Hall–Kier alpha value is -2.71. The number of halogens is 6. The summed E-state index contributed by atoms with van der Waals surface area (Å²) in [5.41, 5.74) is 1.34. The van der Waals surface area contributed by atoms with Crippen molar-refractivity contribution in [1.29, 1.82) is 0 Å². The Morgan fingerprint density at radius 3 is 2.03 bits per heavy atom. The van der Waals surface area contributed by atoms with E-state index in [1.165, 1.54) is 10.4 Å². The molecule has 1 aliphatic rings. The van der Waals surface area contributed by atoms with E-state index < -0.39 is 24.3 Å². The summed E-state index contributed by atoms with van der Waals surface area (Å²) >= 11 is 1.83. The van der Waals surface area contributed by atoms with E-state index in [0.717, 1.165) is 25.9 Å². The van der Waals surface area contributed by atoms with E-state index in [2.05, 4.69) is 39.5 Å². The molecule has 190 valence electrons. The smallest absolute Gasteiger partial charge is 0.475 e. The van der Waals surface area contributed by atoms with Crippen molar-refractivity contribution in [3.63, 3.8) is 0 Å². The molecule has 0 amide bonds. The average molecular weight is 516 g/mol. The summed E-state index contributed by atoms with van der Waals surface area (Å²) in [6.45, 7) is 2.15. The first-order valence-corrected chi connectivity index (χ1v) is 10.4. The molecule has 0 aromatic carbocycles. The van der Waals surface area contributed by atoms with Crippen LogP contribution in [0.1, 0.15) is 16.9 Å². The lowest BCUT2D eigenvalue weighted by Crippen LogP contribution is -2.37. The molecule has 0 aliphatic carbocycles. The third-order valence-electron chi connectivity index (χ3n) is 4.52. The topological polar surface area (TPSA) is 100.0 Å². The second-order valence-corrected chi connectivity index (χ2v) is 7.88. The molecule has 0 bridgehead atoms. The Morgan fingerprint density at radius 1 is 1.09 bits per heavy atom. The van der Waals surface area contributed by atoms with Crippen LogP contribution in [-0.2, 0) is 27.3 Å². The molecular weight excluding hydrogens is 494 g/mol. The molecule has 0 unspecified atom stereocenters. The largest absolute Gasteiger partial charge is 0.490 e. The van der Waals surface area contributed by atoms with Gasteiger partial charge in [-0.1, -0.05) is 6.07 Å². The van der Waals surface area contributed by atoms with Crippen molar-refractivity contribution in [1.82, 2.24) is 9.88 Å². The summed E-state index contributed by atoms with van der Waals surface area (Å²) in [5.74, 6) is -5.51. The van der Waals surface area contributed by atoms with Crippen LogP contribution in [0, 0.1) is 0 Å². The van der Waals surface area contributed by atoms with E-state index in [1.54, 1.807) is 0 Å². The van der Waals surface area contributed by atoms with Gasteiger partial charge >= 0.3 is 24.3 Å². The van der Waals surface area contributed by atoms with Crippen LogP contribution in [-0.4, -0.2) is 70.2 Å². The van der Waals surface area contributed by atoms with Gasteiger partial charge < -0.3 is 14.9 Å². The summed E-state index contributed by atoms with van der Waals surface area (Å²) in [6, 6.07) is 9.02. The quantitative estimate of drug-likeness (QED) is 0.574. The van der Waals surface area contributed by atoms with Crippen LogP contribution in [0.3, 0.4) is 0 Å². The van der Waals surface area contributed by atoms with E-state index in [4.69, 9.17) is 24.5 Å². The maximum atomic E-state index is 10.6. The van der Waals surface area contributed by atoms with Gasteiger partial charge in [-0.15, -0.1) is 11.3 Å². The van der Waals surface area contributed by atoms with Crippen molar-refractivity contribution in [2.45, 2.75) is 43.9 Å². The van der Waals surface area contributed by atoms with Crippen LogP contribution in [0.4, 0.5) is 26.3 Å². The fourth-order valence-corrected chi connectivity index (χ4v) is 3.71. The highest BCUT2D eigenvalue weighted by molar-refractivity contribution is 7.09. The molecule has 3 heterocycles. The molecule has 0 radical (unpaired) electrons. The Bertz CT molecular complexity index is 854. The molecule has 0 saturated carbocycles. The van der Waals surface area contributed by atoms with Crippen molar-refractivity contribution in [3.05, 3.63) is 52.5 Å². The van der Waals surface area contributed by atoms with Gasteiger partial charge in [0.2, 0.25) is 0 Å². The molecule has 2 aromatic rings. The van der Waals surface area contributed by atoms with Gasteiger partial charge in [0.25, 0.3) is 0 Å². The van der Waals surface area contributed by atoms with Crippen molar-refractivity contribution in [2.24, 2.45) is 0 Å². The third kappa shape index (κ3) is 10.5. The van der Waals surface area contributed by atoms with E-state index in [9.17, 15) is 26.3 Å².